The van der Waals surface area contributed by atoms with E-state index < -0.39 is 0 Å². The van der Waals surface area contributed by atoms with Crippen LogP contribution in [0.5, 0.6) is 0 Å². The highest BCUT2D eigenvalue weighted by atomic mass is 35.5. The average molecular weight is 322 g/mol. The summed E-state index contributed by atoms with van der Waals surface area (Å²) < 4.78 is 0. The highest BCUT2D eigenvalue weighted by Crippen LogP contribution is 2.33. The van der Waals surface area contributed by atoms with Crippen molar-refractivity contribution in [3.05, 3.63) is 46.6 Å². The number of hydrogen-bond donors (Lipinski definition) is 1. The Bertz CT molecular complexity index is 746. The molecule has 0 unspecified atom stereocenters. The van der Waals surface area contributed by atoms with E-state index in [0.29, 0.717) is 32.3 Å². The number of rotatable bonds is 3. The Morgan fingerprint density at radius 2 is 2.00 bits per heavy atom. The molecule has 0 bridgehead atoms. The molecule has 4 nitrogen and oxygen atoms in total. The molecule has 0 saturated heterocycles. The maximum atomic E-state index is 12.2. The smallest absolute Gasteiger partial charge is 0.273 e. The maximum Gasteiger partial charge on any atom is 0.273 e. The zero-order valence-electron chi connectivity index (χ0n) is 11.5. The highest BCUT2D eigenvalue weighted by Gasteiger charge is 2.13. The number of aromatic nitrogens is 1. The van der Waals surface area contributed by atoms with E-state index in [-0.39, 0.29) is 5.91 Å². The van der Waals surface area contributed by atoms with Crippen molar-refractivity contribution >= 4 is 51.4 Å². The Labute approximate surface area is 132 Å². The van der Waals surface area contributed by atoms with Crippen LogP contribution in [0.2, 0.25) is 10.0 Å². The summed E-state index contributed by atoms with van der Waals surface area (Å²) in [6, 6.07) is 5.01. The Hall–Kier alpha value is -1.91. The summed E-state index contributed by atoms with van der Waals surface area (Å²) >= 11 is 12.3. The standard InChI is InChI=1S/C15H13Cl2N3O/c1-3-4-12(18-2)15(21)20-11-6-5-9(16)13-10(17)7-8-19-14(11)13/h3-8H,1-2H3,(H,20,21)/b4-3-,18-12?. The number of fused-ring (bicyclic) bond motifs is 1. The van der Waals surface area contributed by atoms with Gasteiger partial charge in [-0.1, -0.05) is 29.3 Å². The number of allylic oxidation sites excluding steroid dienone is 1. The zero-order valence-corrected chi connectivity index (χ0v) is 13.0. The number of aliphatic imine (C=N–C) groups is 1. The largest absolute Gasteiger partial charge is 0.319 e. The van der Waals surface area contributed by atoms with Crippen LogP contribution in [0, 0.1) is 0 Å². The zero-order chi connectivity index (χ0) is 15.4. The summed E-state index contributed by atoms with van der Waals surface area (Å²) in [6.45, 7) is 1.82. The average Bonchev–Trinajstić information content (AvgIpc) is 2.47. The van der Waals surface area contributed by atoms with Crippen LogP contribution in [-0.4, -0.2) is 23.7 Å². The third-order valence-electron chi connectivity index (χ3n) is 2.84. The van der Waals surface area contributed by atoms with Crippen LogP contribution in [0.4, 0.5) is 5.69 Å². The van der Waals surface area contributed by atoms with Crippen LogP contribution in [0.3, 0.4) is 0 Å². The molecule has 6 heteroatoms. The van der Waals surface area contributed by atoms with E-state index in [1.54, 1.807) is 43.6 Å². The molecule has 1 heterocycles. The number of halogens is 2. The van der Waals surface area contributed by atoms with E-state index in [4.69, 9.17) is 23.2 Å². The Kier molecular flexibility index (Phi) is 4.94. The van der Waals surface area contributed by atoms with Gasteiger partial charge in [-0.25, -0.2) is 0 Å². The first-order valence-corrected chi connectivity index (χ1v) is 6.97. The van der Waals surface area contributed by atoms with E-state index in [0.717, 1.165) is 0 Å². The lowest BCUT2D eigenvalue weighted by molar-refractivity contribution is -0.110. The Balaban J connectivity index is 2.47. The van der Waals surface area contributed by atoms with E-state index in [2.05, 4.69) is 15.3 Å². The normalized spacial score (nSPS) is 12.1. The molecule has 0 aliphatic rings. The number of nitrogens with one attached hydrogen (secondary N) is 1. The van der Waals surface area contributed by atoms with Crippen molar-refractivity contribution in [2.24, 2.45) is 4.99 Å². The third kappa shape index (κ3) is 3.23. The lowest BCUT2D eigenvalue weighted by atomic mass is 10.2. The van der Waals surface area contributed by atoms with Gasteiger partial charge in [0.1, 0.15) is 5.71 Å². The van der Waals surface area contributed by atoms with Crippen LogP contribution >= 0.6 is 23.2 Å². The second kappa shape index (κ2) is 6.70. The fraction of sp³-hybridized carbons (Fsp3) is 0.133. The molecule has 0 spiro atoms. The number of anilines is 1. The molecule has 0 radical (unpaired) electrons. The molecule has 108 valence electrons. The second-order valence-corrected chi connectivity index (χ2v) is 4.99. The molecule has 21 heavy (non-hydrogen) atoms. The summed E-state index contributed by atoms with van der Waals surface area (Å²) in [5, 5.41) is 4.36. The summed E-state index contributed by atoms with van der Waals surface area (Å²) in [5.74, 6) is -0.319. The monoisotopic (exact) mass is 321 g/mol. The fourth-order valence-electron chi connectivity index (χ4n) is 1.89. The van der Waals surface area contributed by atoms with Gasteiger partial charge in [0, 0.05) is 18.6 Å². The van der Waals surface area contributed by atoms with E-state index in [9.17, 15) is 4.79 Å². The van der Waals surface area contributed by atoms with Gasteiger partial charge in [0.25, 0.3) is 5.91 Å². The van der Waals surface area contributed by atoms with Crippen molar-refractivity contribution in [2.45, 2.75) is 6.92 Å². The number of amides is 1. The predicted octanol–water partition coefficient (Wildman–Crippen LogP) is 4.13. The van der Waals surface area contributed by atoms with Gasteiger partial charge >= 0.3 is 0 Å². The molecule has 0 aliphatic heterocycles. The molecule has 1 aromatic carbocycles. The van der Waals surface area contributed by atoms with Gasteiger partial charge in [-0.05, 0) is 31.2 Å². The molecular formula is C15H13Cl2N3O. The van der Waals surface area contributed by atoms with E-state index in [1.807, 2.05) is 6.92 Å². The fourth-order valence-corrected chi connectivity index (χ4v) is 2.44. The number of carbonyl (C=O) groups excluding carboxylic acids is 1. The van der Waals surface area contributed by atoms with Gasteiger partial charge in [-0.15, -0.1) is 0 Å². The van der Waals surface area contributed by atoms with Crippen LogP contribution in [0.1, 0.15) is 6.92 Å². The Morgan fingerprint density at radius 3 is 2.67 bits per heavy atom. The van der Waals surface area contributed by atoms with E-state index >= 15 is 0 Å². The molecule has 1 amide bonds. The molecule has 2 aromatic rings. The molecule has 0 fully saturated rings. The van der Waals surface area contributed by atoms with Gasteiger partial charge in [0.05, 0.1) is 21.2 Å². The van der Waals surface area contributed by atoms with Gasteiger partial charge in [-0.2, -0.15) is 0 Å². The minimum absolute atomic E-state index is 0.319. The van der Waals surface area contributed by atoms with Crippen molar-refractivity contribution in [1.29, 1.82) is 0 Å². The summed E-state index contributed by atoms with van der Waals surface area (Å²) in [5.41, 5.74) is 1.40. The van der Waals surface area contributed by atoms with Crippen molar-refractivity contribution in [1.82, 2.24) is 4.98 Å². The lowest BCUT2D eigenvalue weighted by Crippen LogP contribution is -2.21. The topological polar surface area (TPSA) is 54.4 Å². The number of nitrogens with zero attached hydrogens (tertiary/aromatic N) is 2. The number of carbonyl (C=O) groups is 1. The second-order valence-electron chi connectivity index (χ2n) is 4.17. The van der Waals surface area contributed by atoms with E-state index in [1.165, 1.54) is 0 Å². The summed E-state index contributed by atoms with van der Waals surface area (Å²) in [4.78, 5) is 20.3. The SMILES string of the molecule is C/C=C\C(=NC)C(=O)Nc1ccc(Cl)c2c(Cl)ccnc12. The quantitative estimate of drug-likeness (QED) is 0.864. The van der Waals surface area contributed by atoms with Crippen LogP contribution in [0.25, 0.3) is 10.9 Å². The van der Waals surface area contributed by atoms with Gasteiger partial charge < -0.3 is 5.32 Å². The van der Waals surface area contributed by atoms with Crippen molar-refractivity contribution in [3.8, 4) is 0 Å². The predicted molar refractivity (Wildman–Crippen MR) is 88.6 cm³/mol. The third-order valence-corrected chi connectivity index (χ3v) is 3.47. The van der Waals surface area contributed by atoms with Gasteiger partial charge in [0.2, 0.25) is 0 Å². The minimum Gasteiger partial charge on any atom is -0.319 e. The summed E-state index contributed by atoms with van der Waals surface area (Å²) in [7, 11) is 1.56. The van der Waals surface area contributed by atoms with Crippen molar-refractivity contribution < 1.29 is 4.79 Å². The van der Waals surface area contributed by atoms with Crippen molar-refractivity contribution in [2.75, 3.05) is 12.4 Å². The van der Waals surface area contributed by atoms with Crippen LogP contribution in [0.15, 0.2) is 41.5 Å². The molecule has 2 rings (SSSR count). The molecular weight excluding hydrogens is 309 g/mol. The maximum absolute atomic E-state index is 12.2. The molecule has 0 aliphatic carbocycles. The highest BCUT2D eigenvalue weighted by molar-refractivity contribution is 6.48. The number of pyridine rings is 1. The van der Waals surface area contributed by atoms with Crippen LogP contribution < -0.4 is 5.32 Å². The number of hydrogen-bond acceptors (Lipinski definition) is 3. The first kappa shape index (κ1) is 15.5. The van der Waals surface area contributed by atoms with Crippen LogP contribution in [-0.2, 0) is 4.79 Å². The van der Waals surface area contributed by atoms with Gasteiger partial charge in [0.15, 0.2) is 0 Å². The summed E-state index contributed by atoms with van der Waals surface area (Å²) in [6.07, 6.45) is 4.95. The van der Waals surface area contributed by atoms with Gasteiger partial charge in [-0.3, -0.25) is 14.8 Å². The minimum atomic E-state index is -0.319. The molecule has 0 atom stereocenters. The number of benzene rings is 1. The molecule has 1 aromatic heterocycles. The first-order chi connectivity index (χ1) is 10.1. The Morgan fingerprint density at radius 1 is 1.29 bits per heavy atom. The molecule has 0 saturated carbocycles. The van der Waals surface area contributed by atoms with Crippen molar-refractivity contribution in [3.63, 3.8) is 0 Å². The first-order valence-electron chi connectivity index (χ1n) is 6.22. The lowest BCUT2D eigenvalue weighted by Gasteiger charge is -2.10. The molecule has 1 N–H and O–H groups in total.